The molecule has 1 aliphatic carbocycles. The van der Waals surface area contributed by atoms with Crippen LogP contribution in [0.2, 0.25) is 25.7 Å². The van der Waals surface area contributed by atoms with E-state index >= 15 is 0 Å². The molecule has 3 aliphatic rings. The topological polar surface area (TPSA) is 122 Å². The molecule has 1 aromatic rings. The van der Waals surface area contributed by atoms with E-state index in [1.165, 1.54) is 0 Å². The molecule has 43 heavy (non-hydrogen) atoms. The molecule has 0 radical (unpaired) electrons. The fraction of sp³-hybridized carbons (Fsp3) is 0.625. The molecule has 1 atom stereocenters. The normalized spacial score (nSPS) is 20.1. The first-order valence-electron chi connectivity index (χ1n) is 15.6. The standard InChI is InChI=1S/C32H48N6O4Si/c1-32(2,3)42-31(40)38-27(23-14-16-34-17-15-23)13-12-26(28(38)24-10-8-7-9-11-24)36-30(39)29-35-25(20-33)21-37(29)22-41-18-19-43(4,5)6/h10,12-13,21,23,27,34H,7-9,11,14-19,22H2,1-6H3,(H,36,39). The first kappa shape index (κ1) is 32.7. The van der Waals surface area contributed by atoms with Crippen LogP contribution in [0.1, 0.15) is 75.6 Å². The second kappa shape index (κ2) is 14.1. The van der Waals surface area contributed by atoms with Crippen LogP contribution in [0.25, 0.3) is 0 Å². The fourth-order valence-corrected chi connectivity index (χ4v) is 6.42. The Hall–Kier alpha value is -3.20. The van der Waals surface area contributed by atoms with E-state index in [0.717, 1.165) is 63.2 Å². The van der Waals surface area contributed by atoms with Gasteiger partial charge in [-0.25, -0.2) is 9.78 Å². The zero-order valence-electron chi connectivity index (χ0n) is 26.7. The van der Waals surface area contributed by atoms with Crippen molar-refractivity contribution >= 4 is 20.1 Å². The van der Waals surface area contributed by atoms with Crippen molar-refractivity contribution in [1.29, 1.82) is 5.26 Å². The average Bonchev–Trinajstić information content (AvgIpc) is 3.38. The van der Waals surface area contributed by atoms with E-state index in [-0.39, 0.29) is 30.2 Å². The molecule has 0 aromatic carbocycles. The van der Waals surface area contributed by atoms with E-state index in [1.54, 1.807) is 15.7 Å². The van der Waals surface area contributed by atoms with Crippen LogP contribution < -0.4 is 10.6 Å². The lowest BCUT2D eigenvalue weighted by atomic mass is 9.85. The van der Waals surface area contributed by atoms with Crippen molar-refractivity contribution < 1.29 is 19.1 Å². The van der Waals surface area contributed by atoms with Gasteiger partial charge in [-0.1, -0.05) is 31.8 Å². The Labute approximate surface area is 257 Å². The first-order chi connectivity index (χ1) is 20.4. The summed E-state index contributed by atoms with van der Waals surface area (Å²) in [4.78, 5) is 33.8. The predicted octanol–water partition coefficient (Wildman–Crippen LogP) is 5.68. The van der Waals surface area contributed by atoms with Gasteiger partial charge in [0.25, 0.3) is 5.91 Å². The molecule has 1 saturated heterocycles. The van der Waals surface area contributed by atoms with Crippen LogP contribution >= 0.6 is 0 Å². The van der Waals surface area contributed by atoms with Crippen molar-refractivity contribution in [2.75, 3.05) is 19.7 Å². The third kappa shape index (κ3) is 8.91. The van der Waals surface area contributed by atoms with Gasteiger partial charge in [0.05, 0.1) is 17.4 Å². The molecular formula is C32H48N6O4Si. The van der Waals surface area contributed by atoms with Gasteiger partial charge in [-0.15, -0.1) is 0 Å². The van der Waals surface area contributed by atoms with E-state index in [1.807, 2.05) is 39.0 Å². The highest BCUT2D eigenvalue weighted by Gasteiger charge is 2.39. The summed E-state index contributed by atoms with van der Waals surface area (Å²) in [5, 5.41) is 16.0. The van der Waals surface area contributed by atoms with Crippen molar-refractivity contribution in [1.82, 2.24) is 25.1 Å². The summed E-state index contributed by atoms with van der Waals surface area (Å²) < 4.78 is 13.4. The lowest BCUT2D eigenvalue weighted by molar-refractivity contribution is 0.0212. The number of nitrogens with one attached hydrogen (secondary N) is 2. The molecule has 2 aliphatic heterocycles. The summed E-state index contributed by atoms with van der Waals surface area (Å²) >= 11 is 0. The van der Waals surface area contributed by atoms with Gasteiger partial charge < -0.3 is 24.7 Å². The van der Waals surface area contributed by atoms with Gasteiger partial charge in [0.2, 0.25) is 5.82 Å². The van der Waals surface area contributed by atoms with E-state index < -0.39 is 25.7 Å². The molecule has 0 spiro atoms. The number of amides is 2. The van der Waals surface area contributed by atoms with E-state index in [4.69, 9.17) is 9.47 Å². The van der Waals surface area contributed by atoms with Crippen molar-refractivity contribution in [2.45, 2.75) is 103 Å². The fourth-order valence-electron chi connectivity index (χ4n) is 5.67. The Balaban J connectivity index is 1.69. The maximum absolute atomic E-state index is 13.9. The molecule has 4 rings (SSSR count). The van der Waals surface area contributed by atoms with E-state index in [0.29, 0.717) is 18.0 Å². The molecule has 0 saturated carbocycles. The summed E-state index contributed by atoms with van der Waals surface area (Å²) in [6.45, 7) is 14.9. The second-order valence-electron chi connectivity index (χ2n) is 13.9. The monoisotopic (exact) mass is 608 g/mol. The Morgan fingerprint density at radius 3 is 2.58 bits per heavy atom. The second-order valence-corrected chi connectivity index (χ2v) is 19.5. The minimum atomic E-state index is -1.28. The number of rotatable bonds is 9. The van der Waals surface area contributed by atoms with Gasteiger partial charge in [0, 0.05) is 20.9 Å². The number of nitrogens with zero attached hydrogens (tertiary/aromatic N) is 4. The number of nitriles is 1. The predicted molar refractivity (Wildman–Crippen MR) is 169 cm³/mol. The zero-order chi connectivity index (χ0) is 31.2. The van der Waals surface area contributed by atoms with Crippen LogP contribution in [-0.2, 0) is 16.2 Å². The van der Waals surface area contributed by atoms with E-state index in [9.17, 15) is 14.9 Å². The number of hydrogen-bond acceptors (Lipinski definition) is 7. The number of carbonyl (C=O) groups excluding carboxylic acids is 2. The highest BCUT2D eigenvalue weighted by Crippen LogP contribution is 2.37. The third-order valence-electron chi connectivity index (χ3n) is 7.88. The molecule has 2 amide bonds. The molecule has 1 unspecified atom stereocenters. The maximum atomic E-state index is 13.9. The smallest absolute Gasteiger partial charge is 0.415 e. The summed E-state index contributed by atoms with van der Waals surface area (Å²) in [6, 6.07) is 2.83. The van der Waals surface area contributed by atoms with Gasteiger partial charge in [-0.05, 0) is 96.0 Å². The summed E-state index contributed by atoms with van der Waals surface area (Å²) in [6.07, 6.45) is 12.9. The van der Waals surface area contributed by atoms with E-state index in [2.05, 4.69) is 41.3 Å². The highest BCUT2D eigenvalue weighted by molar-refractivity contribution is 6.76. The van der Waals surface area contributed by atoms with Gasteiger partial charge in [-0.3, -0.25) is 9.69 Å². The SMILES string of the molecule is CC(C)(C)OC(=O)N1C(C2=CCCCC2)=C(NC(=O)c2nc(C#N)cn2COCC[Si](C)(C)C)C=CC1C1CCNCC1. The maximum Gasteiger partial charge on any atom is 0.415 e. The molecule has 1 fully saturated rings. The molecule has 11 heteroatoms. The number of hydrogen-bond donors (Lipinski definition) is 2. The Bertz CT molecular complexity index is 1300. The molecule has 1 aromatic heterocycles. The third-order valence-corrected chi connectivity index (χ3v) is 9.58. The number of imidazole rings is 1. The minimum Gasteiger partial charge on any atom is -0.443 e. The van der Waals surface area contributed by atoms with Crippen LogP contribution in [-0.4, -0.2) is 65.9 Å². The molecule has 2 N–H and O–H groups in total. The molecular weight excluding hydrogens is 560 g/mol. The summed E-state index contributed by atoms with van der Waals surface area (Å²) in [7, 11) is -1.28. The number of allylic oxidation sites excluding steroid dienone is 3. The number of piperidine rings is 1. The number of aromatic nitrogens is 2. The molecule has 10 nitrogen and oxygen atoms in total. The molecule has 234 valence electrons. The lowest BCUT2D eigenvalue weighted by Gasteiger charge is -2.42. The van der Waals surface area contributed by atoms with Crippen LogP contribution in [0.3, 0.4) is 0 Å². The van der Waals surface area contributed by atoms with Crippen LogP contribution in [0.4, 0.5) is 4.79 Å². The Morgan fingerprint density at radius 1 is 1.21 bits per heavy atom. The van der Waals surface area contributed by atoms with Crippen molar-refractivity contribution in [3.8, 4) is 6.07 Å². The number of carbonyl (C=O) groups is 2. The quantitative estimate of drug-likeness (QED) is 0.273. The number of ether oxygens (including phenoxy) is 2. The van der Waals surface area contributed by atoms with Crippen LogP contribution in [0.5, 0.6) is 0 Å². The average molecular weight is 609 g/mol. The van der Waals surface area contributed by atoms with Crippen molar-refractivity contribution in [2.24, 2.45) is 5.92 Å². The molecule has 0 bridgehead atoms. The largest absolute Gasteiger partial charge is 0.443 e. The van der Waals surface area contributed by atoms with Gasteiger partial charge >= 0.3 is 6.09 Å². The summed E-state index contributed by atoms with van der Waals surface area (Å²) in [5.41, 5.74) is 1.72. The van der Waals surface area contributed by atoms with Gasteiger partial charge in [0.15, 0.2) is 5.69 Å². The van der Waals surface area contributed by atoms with Crippen LogP contribution in [0, 0.1) is 17.2 Å². The Kier molecular flexibility index (Phi) is 10.7. The first-order valence-corrected chi connectivity index (χ1v) is 19.3. The van der Waals surface area contributed by atoms with Crippen molar-refractivity contribution in [3.05, 3.63) is 52.9 Å². The summed E-state index contributed by atoms with van der Waals surface area (Å²) in [5.74, 6) is -0.119. The minimum absolute atomic E-state index is 0.0896. The van der Waals surface area contributed by atoms with Crippen LogP contribution in [0.15, 0.2) is 41.4 Å². The van der Waals surface area contributed by atoms with Gasteiger partial charge in [-0.2, -0.15) is 5.26 Å². The highest BCUT2D eigenvalue weighted by atomic mass is 28.3. The molecule has 3 heterocycles. The zero-order valence-corrected chi connectivity index (χ0v) is 27.7. The Morgan fingerprint density at radius 2 is 1.95 bits per heavy atom. The lowest BCUT2D eigenvalue weighted by Crippen LogP contribution is -2.50. The van der Waals surface area contributed by atoms with Gasteiger partial charge in [0.1, 0.15) is 18.4 Å². The van der Waals surface area contributed by atoms with Crippen molar-refractivity contribution in [3.63, 3.8) is 0 Å².